The van der Waals surface area contributed by atoms with Gasteiger partial charge in [-0.25, -0.2) is 4.79 Å². The molecule has 1 fully saturated rings. The van der Waals surface area contributed by atoms with Gasteiger partial charge in [-0.3, -0.25) is 14.8 Å². The molecule has 1 aliphatic carbocycles. The van der Waals surface area contributed by atoms with Gasteiger partial charge in [-0.2, -0.15) is 10.4 Å². The van der Waals surface area contributed by atoms with Crippen LogP contribution in [0, 0.1) is 11.3 Å². The van der Waals surface area contributed by atoms with Crippen molar-refractivity contribution < 1.29 is 14.3 Å². The predicted molar refractivity (Wildman–Crippen MR) is 148 cm³/mol. The topological polar surface area (TPSA) is 109 Å². The summed E-state index contributed by atoms with van der Waals surface area (Å²) in [6, 6.07) is 27.7. The molecule has 0 saturated heterocycles. The highest BCUT2D eigenvalue weighted by Gasteiger charge is 2.50. The fraction of sp³-hybridized carbons (Fsp3) is 0.226. The lowest BCUT2D eigenvalue weighted by molar-refractivity contribution is -0.123. The van der Waals surface area contributed by atoms with Gasteiger partial charge < -0.3 is 10.1 Å². The number of hydrogen-bond donors (Lipinski definition) is 2. The zero-order valence-corrected chi connectivity index (χ0v) is 21.7. The standard InChI is InChI=1S/C31H29N5O3/c1-36-28(35-30(38)39-21-22-6-3-2-4-7-22)27(20-34-36)25-10-8-23(9-11-25)24-12-14-26(15-13-24)31(16-17-31)29(37)33-19-5-18-32/h2-4,6-15,20H,5,16-17,19,21H2,1H3,(H,33,37)(H,35,38). The maximum atomic E-state index is 12.7. The maximum Gasteiger partial charge on any atom is 0.413 e. The van der Waals surface area contributed by atoms with Crippen LogP contribution in [0.1, 0.15) is 30.4 Å². The molecule has 1 saturated carbocycles. The summed E-state index contributed by atoms with van der Waals surface area (Å²) in [5.41, 5.74) is 5.22. The second kappa shape index (κ2) is 11.2. The van der Waals surface area contributed by atoms with Gasteiger partial charge in [-0.15, -0.1) is 0 Å². The number of aryl methyl sites for hydroxylation is 1. The van der Waals surface area contributed by atoms with Crippen molar-refractivity contribution in [2.45, 2.75) is 31.3 Å². The molecule has 5 rings (SSSR count). The summed E-state index contributed by atoms with van der Waals surface area (Å²) in [6.45, 7) is 0.560. The third-order valence-electron chi connectivity index (χ3n) is 7.05. The second-order valence-electron chi connectivity index (χ2n) is 9.62. The number of anilines is 1. The molecule has 4 aromatic rings. The molecule has 8 nitrogen and oxygen atoms in total. The van der Waals surface area contributed by atoms with E-state index < -0.39 is 11.5 Å². The Labute approximate surface area is 227 Å². The quantitative estimate of drug-likeness (QED) is 0.281. The van der Waals surface area contributed by atoms with Crippen LogP contribution in [0.2, 0.25) is 0 Å². The minimum atomic E-state index is -0.549. The van der Waals surface area contributed by atoms with Gasteiger partial charge in [0.15, 0.2) is 0 Å². The minimum Gasteiger partial charge on any atom is -0.444 e. The number of aromatic nitrogens is 2. The fourth-order valence-electron chi connectivity index (χ4n) is 4.65. The van der Waals surface area contributed by atoms with Crippen LogP contribution in [0.15, 0.2) is 85.1 Å². The van der Waals surface area contributed by atoms with E-state index in [0.717, 1.165) is 46.2 Å². The van der Waals surface area contributed by atoms with Gasteiger partial charge in [0, 0.05) is 19.2 Å². The molecule has 2 N–H and O–H groups in total. The monoisotopic (exact) mass is 519 g/mol. The summed E-state index contributed by atoms with van der Waals surface area (Å²) >= 11 is 0. The van der Waals surface area contributed by atoms with E-state index in [1.807, 2.05) is 78.9 Å². The van der Waals surface area contributed by atoms with Crippen molar-refractivity contribution in [3.05, 3.63) is 96.2 Å². The molecule has 0 atom stereocenters. The van der Waals surface area contributed by atoms with Gasteiger partial charge in [0.1, 0.15) is 12.4 Å². The average molecular weight is 520 g/mol. The van der Waals surface area contributed by atoms with Gasteiger partial charge >= 0.3 is 6.09 Å². The Morgan fingerprint density at radius 1 is 0.974 bits per heavy atom. The zero-order valence-electron chi connectivity index (χ0n) is 21.7. The molecule has 0 unspecified atom stereocenters. The first kappa shape index (κ1) is 25.7. The van der Waals surface area contributed by atoms with E-state index >= 15 is 0 Å². The molecule has 39 heavy (non-hydrogen) atoms. The van der Waals surface area contributed by atoms with E-state index in [1.54, 1.807) is 17.9 Å². The number of hydrogen-bond acceptors (Lipinski definition) is 5. The van der Waals surface area contributed by atoms with E-state index in [1.165, 1.54) is 0 Å². The molecular weight excluding hydrogens is 490 g/mol. The van der Waals surface area contributed by atoms with Gasteiger partial charge in [-0.1, -0.05) is 78.9 Å². The third-order valence-corrected chi connectivity index (χ3v) is 7.05. The van der Waals surface area contributed by atoms with E-state index in [0.29, 0.717) is 18.8 Å². The molecule has 0 aliphatic heterocycles. The summed E-state index contributed by atoms with van der Waals surface area (Å²) in [5, 5.41) is 18.7. The van der Waals surface area contributed by atoms with Crippen LogP contribution in [-0.4, -0.2) is 28.3 Å². The molecule has 196 valence electrons. The molecule has 0 radical (unpaired) electrons. The lowest BCUT2D eigenvalue weighted by Gasteiger charge is -2.16. The first-order valence-electron chi connectivity index (χ1n) is 12.9. The summed E-state index contributed by atoms with van der Waals surface area (Å²) in [4.78, 5) is 25.1. The molecule has 1 heterocycles. The summed E-state index contributed by atoms with van der Waals surface area (Å²) < 4.78 is 6.98. The third kappa shape index (κ3) is 5.68. The maximum absolute atomic E-state index is 12.7. The van der Waals surface area contributed by atoms with Crippen LogP contribution in [0.4, 0.5) is 10.6 Å². The van der Waals surface area contributed by atoms with E-state index in [-0.39, 0.29) is 12.5 Å². The van der Waals surface area contributed by atoms with Crippen molar-refractivity contribution in [2.24, 2.45) is 7.05 Å². The normalized spacial score (nSPS) is 13.2. The molecule has 3 aromatic carbocycles. The van der Waals surface area contributed by atoms with Crippen LogP contribution in [0.5, 0.6) is 0 Å². The molecule has 1 aliphatic rings. The number of nitrogens with one attached hydrogen (secondary N) is 2. The van der Waals surface area contributed by atoms with Crippen LogP contribution >= 0.6 is 0 Å². The number of carbonyl (C=O) groups excluding carboxylic acids is 2. The largest absolute Gasteiger partial charge is 0.444 e. The number of benzene rings is 3. The van der Waals surface area contributed by atoms with Crippen LogP contribution in [0.25, 0.3) is 22.3 Å². The molecule has 0 bridgehead atoms. The number of amides is 2. The van der Waals surface area contributed by atoms with E-state index in [4.69, 9.17) is 10.00 Å². The molecular formula is C31H29N5O3. The average Bonchev–Trinajstić information content (AvgIpc) is 3.71. The Bertz CT molecular complexity index is 1500. The highest BCUT2D eigenvalue weighted by molar-refractivity contribution is 5.92. The fourth-order valence-corrected chi connectivity index (χ4v) is 4.65. The first-order chi connectivity index (χ1) is 19.0. The van der Waals surface area contributed by atoms with Crippen LogP contribution in [-0.2, 0) is 28.6 Å². The van der Waals surface area contributed by atoms with Crippen molar-refractivity contribution >= 4 is 17.8 Å². The molecule has 0 spiro atoms. The predicted octanol–water partition coefficient (Wildman–Crippen LogP) is 5.56. The van der Waals surface area contributed by atoms with Gasteiger partial charge in [-0.05, 0) is 40.7 Å². The van der Waals surface area contributed by atoms with Crippen LogP contribution < -0.4 is 10.6 Å². The first-order valence-corrected chi connectivity index (χ1v) is 12.9. The van der Waals surface area contributed by atoms with Gasteiger partial charge in [0.2, 0.25) is 5.91 Å². The number of carbonyl (C=O) groups is 2. The summed E-state index contributed by atoms with van der Waals surface area (Å²) in [5.74, 6) is 0.549. The Balaban J connectivity index is 1.25. The van der Waals surface area contributed by atoms with Crippen LogP contribution in [0.3, 0.4) is 0 Å². The second-order valence-corrected chi connectivity index (χ2v) is 9.62. The SMILES string of the molecule is Cn1ncc(-c2ccc(-c3ccc(C4(C(=O)NCCC#N)CC4)cc3)cc2)c1NC(=O)OCc1ccccc1. The molecule has 8 heteroatoms. The molecule has 2 amide bonds. The van der Waals surface area contributed by atoms with Crippen molar-refractivity contribution in [2.75, 3.05) is 11.9 Å². The number of nitrogens with zero attached hydrogens (tertiary/aromatic N) is 3. The van der Waals surface area contributed by atoms with Gasteiger partial charge in [0.05, 0.1) is 24.1 Å². The van der Waals surface area contributed by atoms with Crippen molar-refractivity contribution in [3.8, 4) is 28.3 Å². The number of ether oxygens (including phenoxy) is 1. The Kier molecular flexibility index (Phi) is 7.41. The zero-order chi connectivity index (χ0) is 27.2. The van der Waals surface area contributed by atoms with Gasteiger partial charge in [0.25, 0.3) is 0 Å². The minimum absolute atomic E-state index is 0.000292. The van der Waals surface area contributed by atoms with Crippen molar-refractivity contribution in [1.29, 1.82) is 5.26 Å². The Hall–Kier alpha value is -4.90. The highest BCUT2D eigenvalue weighted by atomic mass is 16.5. The number of rotatable bonds is 9. The molecule has 1 aromatic heterocycles. The highest BCUT2D eigenvalue weighted by Crippen LogP contribution is 2.48. The number of nitriles is 1. The Morgan fingerprint density at radius 3 is 2.26 bits per heavy atom. The summed E-state index contributed by atoms with van der Waals surface area (Å²) in [6.07, 6.45) is 3.12. The summed E-state index contributed by atoms with van der Waals surface area (Å²) in [7, 11) is 1.77. The Morgan fingerprint density at radius 2 is 1.62 bits per heavy atom. The smallest absolute Gasteiger partial charge is 0.413 e. The van der Waals surface area contributed by atoms with Crippen molar-refractivity contribution in [1.82, 2.24) is 15.1 Å². The lowest BCUT2D eigenvalue weighted by atomic mass is 9.92. The van der Waals surface area contributed by atoms with Crippen molar-refractivity contribution in [3.63, 3.8) is 0 Å². The lowest BCUT2D eigenvalue weighted by Crippen LogP contribution is -2.35. The van der Waals surface area contributed by atoms with E-state index in [2.05, 4.69) is 21.8 Å². The van der Waals surface area contributed by atoms with E-state index in [9.17, 15) is 9.59 Å².